The molecule has 3 aromatic rings. The maximum absolute atomic E-state index is 12.3. The SMILES string of the molecule is COc1ccccc1CC(=O)Nc1cccc2ncccc12. The summed E-state index contributed by atoms with van der Waals surface area (Å²) in [5.74, 6) is 0.637. The van der Waals surface area contributed by atoms with Crippen molar-refractivity contribution in [2.75, 3.05) is 12.4 Å². The Bertz CT molecular complexity index is 810. The van der Waals surface area contributed by atoms with Gasteiger partial charge in [-0.1, -0.05) is 24.3 Å². The molecule has 0 unspecified atom stereocenters. The van der Waals surface area contributed by atoms with Crippen molar-refractivity contribution in [1.82, 2.24) is 4.98 Å². The number of amides is 1. The van der Waals surface area contributed by atoms with Gasteiger partial charge in [0.1, 0.15) is 5.75 Å². The standard InChI is InChI=1S/C18H16N2O2/c1-22-17-10-3-2-6-13(17)12-18(21)20-16-9-4-8-15-14(16)7-5-11-19-15/h2-11H,12H2,1H3,(H,20,21). The quantitative estimate of drug-likeness (QED) is 0.801. The topological polar surface area (TPSA) is 51.2 Å². The van der Waals surface area contributed by atoms with E-state index in [4.69, 9.17) is 4.74 Å². The van der Waals surface area contributed by atoms with Crippen LogP contribution in [-0.4, -0.2) is 18.0 Å². The van der Waals surface area contributed by atoms with E-state index in [0.29, 0.717) is 0 Å². The summed E-state index contributed by atoms with van der Waals surface area (Å²) in [6.07, 6.45) is 2.00. The highest BCUT2D eigenvalue weighted by Gasteiger charge is 2.10. The number of hydrogen-bond acceptors (Lipinski definition) is 3. The lowest BCUT2D eigenvalue weighted by molar-refractivity contribution is -0.115. The predicted octanol–water partition coefficient (Wildman–Crippen LogP) is 3.42. The third-order valence-electron chi connectivity index (χ3n) is 3.46. The molecule has 0 radical (unpaired) electrons. The van der Waals surface area contributed by atoms with Crippen molar-refractivity contribution in [2.45, 2.75) is 6.42 Å². The van der Waals surface area contributed by atoms with Crippen LogP contribution in [0.15, 0.2) is 60.8 Å². The number of nitrogens with one attached hydrogen (secondary N) is 1. The van der Waals surface area contributed by atoms with Gasteiger partial charge in [-0.25, -0.2) is 0 Å². The molecule has 1 aromatic heterocycles. The van der Waals surface area contributed by atoms with Crippen LogP contribution in [0.5, 0.6) is 5.75 Å². The zero-order valence-corrected chi connectivity index (χ0v) is 12.2. The first-order valence-corrected chi connectivity index (χ1v) is 7.03. The minimum atomic E-state index is -0.0825. The van der Waals surface area contributed by atoms with Crippen LogP contribution in [0, 0.1) is 0 Å². The number of carbonyl (C=O) groups excluding carboxylic acids is 1. The summed E-state index contributed by atoms with van der Waals surface area (Å²) in [4.78, 5) is 16.6. The third kappa shape index (κ3) is 2.91. The van der Waals surface area contributed by atoms with Crippen LogP contribution in [-0.2, 0) is 11.2 Å². The molecule has 0 atom stereocenters. The predicted molar refractivity (Wildman–Crippen MR) is 87.1 cm³/mol. The van der Waals surface area contributed by atoms with Gasteiger partial charge in [0.05, 0.1) is 24.7 Å². The van der Waals surface area contributed by atoms with E-state index in [9.17, 15) is 4.79 Å². The van der Waals surface area contributed by atoms with Crippen molar-refractivity contribution in [3.8, 4) is 5.75 Å². The molecule has 0 bridgehead atoms. The van der Waals surface area contributed by atoms with Crippen LogP contribution in [0.1, 0.15) is 5.56 Å². The number of para-hydroxylation sites is 1. The number of pyridine rings is 1. The summed E-state index contributed by atoms with van der Waals surface area (Å²) >= 11 is 0. The van der Waals surface area contributed by atoms with Gasteiger partial charge in [0, 0.05) is 17.1 Å². The molecule has 110 valence electrons. The van der Waals surface area contributed by atoms with Crippen LogP contribution < -0.4 is 10.1 Å². The van der Waals surface area contributed by atoms with Crippen molar-refractivity contribution < 1.29 is 9.53 Å². The summed E-state index contributed by atoms with van der Waals surface area (Å²) in [6, 6.07) is 17.0. The van der Waals surface area contributed by atoms with E-state index >= 15 is 0 Å². The molecule has 0 spiro atoms. The molecule has 0 aliphatic heterocycles. The van der Waals surface area contributed by atoms with Gasteiger partial charge in [0.2, 0.25) is 5.91 Å². The summed E-state index contributed by atoms with van der Waals surface area (Å²) in [5.41, 5.74) is 2.49. The maximum atomic E-state index is 12.3. The molecule has 4 heteroatoms. The molecule has 0 saturated carbocycles. The number of aromatic nitrogens is 1. The monoisotopic (exact) mass is 292 g/mol. The van der Waals surface area contributed by atoms with Crippen molar-refractivity contribution in [3.05, 3.63) is 66.4 Å². The second kappa shape index (κ2) is 6.26. The fourth-order valence-corrected chi connectivity index (χ4v) is 2.43. The van der Waals surface area contributed by atoms with Gasteiger partial charge in [-0.3, -0.25) is 9.78 Å². The third-order valence-corrected chi connectivity index (χ3v) is 3.46. The summed E-state index contributed by atoms with van der Waals surface area (Å²) in [7, 11) is 1.60. The van der Waals surface area contributed by atoms with Crippen LogP contribution in [0.4, 0.5) is 5.69 Å². The Balaban J connectivity index is 1.82. The number of carbonyl (C=O) groups is 1. The maximum Gasteiger partial charge on any atom is 0.228 e. The molecule has 1 N–H and O–H groups in total. The highest BCUT2D eigenvalue weighted by molar-refractivity contribution is 6.01. The first-order chi connectivity index (χ1) is 10.8. The van der Waals surface area contributed by atoms with Crippen LogP contribution in [0.2, 0.25) is 0 Å². The van der Waals surface area contributed by atoms with Crippen molar-refractivity contribution in [1.29, 1.82) is 0 Å². The Hall–Kier alpha value is -2.88. The molecule has 1 heterocycles. The zero-order chi connectivity index (χ0) is 15.4. The lowest BCUT2D eigenvalue weighted by Crippen LogP contribution is -2.15. The minimum Gasteiger partial charge on any atom is -0.496 e. The average molecular weight is 292 g/mol. The lowest BCUT2D eigenvalue weighted by atomic mass is 10.1. The van der Waals surface area contributed by atoms with E-state index < -0.39 is 0 Å². The number of hydrogen-bond donors (Lipinski definition) is 1. The van der Waals surface area contributed by atoms with Crippen molar-refractivity contribution in [2.24, 2.45) is 0 Å². The second-order valence-corrected chi connectivity index (χ2v) is 4.91. The van der Waals surface area contributed by atoms with Crippen LogP contribution in [0.3, 0.4) is 0 Å². The molecule has 22 heavy (non-hydrogen) atoms. The number of fused-ring (bicyclic) bond motifs is 1. The molecular formula is C18H16N2O2. The van der Waals surface area contributed by atoms with Crippen LogP contribution in [0.25, 0.3) is 10.9 Å². The van der Waals surface area contributed by atoms with Crippen molar-refractivity contribution in [3.63, 3.8) is 0 Å². The van der Waals surface area contributed by atoms with Gasteiger partial charge >= 0.3 is 0 Å². The number of nitrogens with zero attached hydrogens (tertiary/aromatic N) is 1. The minimum absolute atomic E-state index is 0.0825. The summed E-state index contributed by atoms with van der Waals surface area (Å²) in [6.45, 7) is 0. The lowest BCUT2D eigenvalue weighted by Gasteiger charge is -2.10. The Labute approximate surface area is 128 Å². The van der Waals surface area contributed by atoms with E-state index in [2.05, 4.69) is 10.3 Å². The molecule has 4 nitrogen and oxygen atoms in total. The Morgan fingerprint density at radius 3 is 2.82 bits per heavy atom. The fraction of sp³-hybridized carbons (Fsp3) is 0.111. The molecule has 0 aliphatic rings. The van der Waals surface area contributed by atoms with Gasteiger partial charge in [-0.2, -0.15) is 0 Å². The molecule has 2 aromatic carbocycles. The van der Waals surface area contributed by atoms with E-state index in [1.54, 1.807) is 13.3 Å². The first kappa shape index (κ1) is 14.1. The van der Waals surface area contributed by atoms with Gasteiger partial charge in [-0.05, 0) is 30.3 Å². The number of benzene rings is 2. The normalized spacial score (nSPS) is 10.4. The molecule has 0 aliphatic carbocycles. The van der Waals surface area contributed by atoms with E-state index in [-0.39, 0.29) is 12.3 Å². The Kier molecular flexibility index (Phi) is 4.01. The van der Waals surface area contributed by atoms with E-state index in [1.165, 1.54) is 0 Å². The molecule has 3 rings (SSSR count). The van der Waals surface area contributed by atoms with Gasteiger partial charge < -0.3 is 10.1 Å². The Morgan fingerprint density at radius 1 is 1.09 bits per heavy atom. The first-order valence-electron chi connectivity index (χ1n) is 7.03. The van der Waals surface area contributed by atoms with Crippen LogP contribution >= 0.6 is 0 Å². The largest absolute Gasteiger partial charge is 0.496 e. The van der Waals surface area contributed by atoms with E-state index in [0.717, 1.165) is 27.9 Å². The number of ether oxygens (including phenoxy) is 1. The number of anilines is 1. The average Bonchev–Trinajstić information content (AvgIpc) is 2.55. The molecule has 1 amide bonds. The highest BCUT2D eigenvalue weighted by atomic mass is 16.5. The van der Waals surface area contributed by atoms with Gasteiger partial charge in [0.25, 0.3) is 0 Å². The van der Waals surface area contributed by atoms with Gasteiger partial charge in [0.15, 0.2) is 0 Å². The highest BCUT2D eigenvalue weighted by Crippen LogP contribution is 2.22. The zero-order valence-electron chi connectivity index (χ0n) is 12.2. The van der Waals surface area contributed by atoms with E-state index in [1.807, 2.05) is 54.6 Å². The fourth-order valence-electron chi connectivity index (χ4n) is 2.43. The number of methoxy groups -OCH3 is 1. The summed E-state index contributed by atoms with van der Waals surface area (Å²) in [5, 5.41) is 3.88. The molecule has 0 fully saturated rings. The van der Waals surface area contributed by atoms with Crippen molar-refractivity contribution >= 4 is 22.5 Å². The van der Waals surface area contributed by atoms with Gasteiger partial charge in [-0.15, -0.1) is 0 Å². The Morgan fingerprint density at radius 2 is 1.95 bits per heavy atom. The molecular weight excluding hydrogens is 276 g/mol. The smallest absolute Gasteiger partial charge is 0.228 e. The summed E-state index contributed by atoms with van der Waals surface area (Å²) < 4.78 is 5.28. The molecule has 0 saturated heterocycles. The number of rotatable bonds is 4. The second-order valence-electron chi connectivity index (χ2n) is 4.91.